The molecule has 0 atom stereocenters. The van der Waals surface area contributed by atoms with E-state index in [1.807, 2.05) is 24.3 Å². The monoisotopic (exact) mass is 249 g/mol. The molecular weight excluding hydrogens is 230 g/mol. The van der Waals surface area contributed by atoms with Gasteiger partial charge in [-0.25, -0.2) is 0 Å². The number of amides is 1. The Bertz CT molecular complexity index is 437. The van der Waals surface area contributed by atoms with Crippen LogP contribution in [0.4, 0.5) is 5.69 Å². The lowest BCUT2D eigenvalue weighted by atomic mass is 10.1. The maximum absolute atomic E-state index is 12.1. The van der Waals surface area contributed by atoms with E-state index in [-0.39, 0.29) is 5.91 Å². The quantitative estimate of drug-likeness (QED) is 0.891. The topological polar surface area (TPSA) is 49.8 Å². The number of para-hydroxylation sites is 2. The first-order chi connectivity index (χ1) is 8.47. The molecule has 0 bridgehead atoms. The van der Waals surface area contributed by atoms with Crippen molar-refractivity contribution in [1.29, 1.82) is 0 Å². The number of benzene rings is 1. The summed E-state index contributed by atoms with van der Waals surface area (Å²) in [4.78, 5) is 13.8. The summed E-state index contributed by atoms with van der Waals surface area (Å²) in [6, 6.07) is 7.52. The van der Waals surface area contributed by atoms with Crippen molar-refractivity contribution in [1.82, 2.24) is 0 Å². The summed E-state index contributed by atoms with van der Waals surface area (Å²) in [5, 5.41) is 9.78. The molecule has 0 saturated heterocycles. The van der Waals surface area contributed by atoms with Gasteiger partial charge in [0, 0.05) is 6.54 Å². The van der Waals surface area contributed by atoms with E-state index in [4.69, 9.17) is 4.74 Å². The Hall–Kier alpha value is -1.55. The first kappa shape index (κ1) is 12.9. The molecule has 1 heterocycles. The van der Waals surface area contributed by atoms with Crippen LogP contribution < -0.4 is 9.64 Å². The van der Waals surface area contributed by atoms with Crippen LogP contribution in [0.15, 0.2) is 24.3 Å². The Morgan fingerprint density at radius 1 is 1.39 bits per heavy atom. The van der Waals surface area contributed by atoms with Gasteiger partial charge in [0.05, 0.1) is 24.3 Å². The molecule has 0 unspecified atom stereocenters. The van der Waals surface area contributed by atoms with Crippen molar-refractivity contribution in [3.05, 3.63) is 24.3 Å². The van der Waals surface area contributed by atoms with Crippen molar-refractivity contribution in [2.45, 2.75) is 32.3 Å². The van der Waals surface area contributed by atoms with Gasteiger partial charge >= 0.3 is 0 Å². The number of ether oxygens (including phenoxy) is 1. The second-order valence-electron chi connectivity index (χ2n) is 5.17. The molecule has 0 radical (unpaired) electrons. The standard InChI is InChI=1S/C14H19NO3/c1-14(2,17)8-9-15-11-5-3-4-6-12(11)18-10-7-13(15)16/h3-6,17H,7-10H2,1-2H3. The molecule has 4 heteroatoms. The molecule has 0 aliphatic carbocycles. The lowest BCUT2D eigenvalue weighted by molar-refractivity contribution is -0.118. The second kappa shape index (κ2) is 4.98. The van der Waals surface area contributed by atoms with Gasteiger partial charge in [0.15, 0.2) is 0 Å². The number of rotatable bonds is 3. The number of hydrogen-bond acceptors (Lipinski definition) is 3. The van der Waals surface area contributed by atoms with Crippen molar-refractivity contribution < 1.29 is 14.6 Å². The van der Waals surface area contributed by atoms with Gasteiger partial charge in [0.1, 0.15) is 5.75 Å². The zero-order valence-corrected chi connectivity index (χ0v) is 10.8. The molecule has 0 aromatic heterocycles. The number of hydrogen-bond donors (Lipinski definition) is 1. The van der Waals surface area contributed by atoms with Crippen molar-refractivity contribution in [3.63, 3.8) is 0 Å². The van der Waals surface area contributed by atoms with Gasteiger partial charge in [-0.15, -0.1) is 0 Å². The maximum atomic E-state index is 12.1. The number of nitrogens with zero attached hydrogens (tertiary/aromatic N) is 1. The maximum Gasteiger partial charge on any atom is 0.230 e. The van der Waals surface area contributed by atoms with Crippen LogP contribution >= 0.6 is 0 Å². The van der Waals surface area contributed by atoms with Crippen molar-refractivity contribution in [2.75, 3.05) is 18.1 Å². The highest BCUT2D eigenvalue weighted by atomic mass is 16.5. The predicted octanol–water partition coefficient (Wildman–Crippen LogP) is 1.96. The fourth-order valence-corrected chi connectivity index (χ4v) is 1.95. The van der Waals surface area contributed by atoms with E-state index in [1.165, 1.54) is 0 Å². The van der Waals surface area contributed by atoms with E-state index in [9.17, 15) is 9.90 Å². The highest BCUT2D eigenvalue weighted by Crippen LogP contribution is 2.31. The summed E-state index contributed by atoms with van der Waals surface area (Å²) in [6.45, 7) is 4.41. The third-order valence-electron chi connectivity index (χ3n) is 2.98. The number of carbonyl (C=O) groups is 1. The summed E-state index contributed by atoms with van der Waals surface area (Å²) in [5.41, 5.74) is 0.0202. The second-order valence-corrected chi connectivity index (χ2v) is 5.17. The van der Waals surface area contributed by atoms with Crippen LogP contribution in [0.1, 0.15) is 26.7 Å². The minimum absolute atomic E-state index is 0.0456. The Labute approximate surface area is 107 Å². The molecule has 1 aromatic rings. The summed E-state index contributed by atoms with van der Waals surface area (Å²) in [6.07, 6.45) is 0.910. The van der Waals surface area contributed by atoms with Crippen LogP contribution in [0.25, 0.3) is 0 Å². The Kier molecular flexibility index (Phi) is 3.57. The lowest BCUT2D eigenvalue weighted by Crippen LogP contribution is -2.35. The normalized spacial score (nSPS) is 15.9. The molecule has 4 nitrogen and oxygen atoms in total. The zero-order valence-electron chi connectivity index (χ0n) is 10.8. The SMILES string of the molecule is CC(C)(O)CCN1C(=O)CCOc2ccccc21. The van der Waals surface area contributed by atoms with Gasteiger partial charge in [0.25, 0.3) is 0 Å². The van der Waals surface area contributed by atoms with Gasteiger partial charge in [-0.1, -0.05) is 12.1 Å². The molecule has 18 heavy (non-hydrogen) atoms. The number of fused-ring (bicyclic) bond motifs is 1. The van der Waals surface area contributed by atoms with E-state index in [2.05, 4.69) is 0 Å². The van der Waals surface area contributed by atoms with Crippen molar-refractivity contribution in [3.8, 4) is 5.75 Å². The molecular formula is C14H19NO3. The summed E-state index contributed by atoms with van der Waals surface area (Å²) in [5.74, 6) is 0.781. The van der Waals surface area contributed by atoms with Crippen molar-refractivity contribution in [2.24, 2.45) is 0 Å². The Morgan fingerprint density at radius 3 is 2.83 bits per heavy atom. The van der Waals surface area contributed by atoms with Crippen LogP contribution in [0, 0.1) is 0 Å². The van der Waals surface area contributed by atoms with Gasteiger partial charge in [-0.2, -0.15) is 0 Å². The van der Waals surface area contributed by atoms with Crippen LogP contribution in [0.3, 0.4) is 0 Å². The average molecular weight is 249 g/mol. The predicted molar refractivity (Wildman–Crippen MR) is 69.8 cm³/mol. The first-order valence-electron chi connectivity index (χ1n) is 6.22. The van der Waals surface area contributed by atoms with E-state index < -0.39 is 5.60 Å². The largest absolute Gasteiger partial charge is 0.491 e. The zero-order chi connectivity index (χ0) is 13.2. The van der Waals surface area contributed by atoms with Crippen LogP contribution in [-0.4, -0.2) is 29.8 Å². The van der Waals surface area contributed by atoms with Crippen LogP contribution in [0.2, 0.25) is 0 Å². The summed E-state index contributed by atoms with van der Waals surface area (Å²) < 4.78 is 5.56. The molecule has 1 amide bonds. The Morgan fingerprint density at radius 2 is 2.11 bits per heavy atom. The molecule has 0 saturated carbocycles. The number of aliphatic hydroxyl groups is 1. The minimum atomic E-state index is -0.775. The highest BCUT2D eigenvalue weighted by Gasteiger charge is 2.24. The summed E-state index contributed by atoms with van der Waals surface area (Å²) >= 11 is 0. The third kappa shape index (κ3) is 3.01. The molecule has 2 rings (SSSR count). The van der Waals surface area contributed by atoms with Crippen molar-refractivity contribution >= 4 is 11.6 Å². The third-order valence-corrected chi connectivity index (χ3v) is 2.98. The highest BCUT2D eigenvalue weighted by molar-refractivity contribution is 5.95. The molecule has 98 valence electrons. The molecule has 0 fully saturated rings. The molecule has 0 spiro atoms. The molecule has 1 aliphatic rings. The van der Waals surface area contributed by atoms with E-state index in [1.54, 1.807) is 18.7 Å². The first-order valence-corrected chi connectivity index (χ1v) is 6.22. The number of anilines is 1. The van der Waals surface area contributed by atoms with Gasteiger partial charge in [-0.05, 0) is 32.4 Å². The average Bonchev–Trinajstić information content (AvgIpc) is 2.44. The molecule has 1 N–H and O–H groups in total. The van der Waals surface area contributed by atoms with Crippen LogP contribution in [0.5, 0.6) is 5.75 Å². The van der Waals surface area contributed by atoms with Gasteiger partial charge < -0.3 is 14.7 Å². The fraction of sp³-hybridized carbons (Fsp3) is 0.500. The van der Waals surface area contributed by atoms with E-state index >= 15 is 0 Å². The van der Waals surface area contributed by atoms with E-state index in [0.717, 1.165) is 11.4 Å². The van der Waals surface area contributed by atoms with Gasteiger partial charge in [0.2, 0.25) is 5.91 Å². The summed E-state index contributed by atoms with van der Waals surface area (Å²) in [7, 11) is 0. The molecule has 1 aromatic carbocycles. The smallest absolute Gasteiger partial charge is 0.230 e. The lowest BCUT2D eigenvalue weighted by Gasteiger charge is -2.25. The fourth-order valence-electron chi connectivity index (χ4n) is 1.95. The molecule has 1 aliphatic heterocycles. The van der Waals surface area contributed by atoms with Crippen LogP contribution in [-0.2, 0) is 4.79 Å². The minimum Gasteiger partial charge on any atom is -0.491 e. The van der Waals surface area contributed by atoms with Gasteiger partial charge in [-0.3, -0.25) is 4.79 Å². The Balaban J connectivity index is 2.23. The number of carbonyl (C=O) groups excluding carboxylic acids is 1. The van der Waals surface area contributed by atoms with E-state index in [0.29, 0.717) is 26.0 Å².